The first-order chi connectivity index (χ1) is 14.6. The minimum absolute atomic E-state index is 0.0456. The lowest BCUT2D eigenvalue weighted by Crippen LogP contribution is -2.28. The number of hydrogen-bond acceptors (Lipinski definition) is 4. The molecule has 0 aromatic heterocycles. The second kappa shape index (κ2) is 8.77. The van der Waals surface area contributed by atoms with E-state index in [1.165, 1.54) is 42.5 Å². The van der Waals surface area contributed by atoms with Gasteiger partial charge in [0.1, 0.15) is 11.4 Å². The van der Waals surface area contributed by atoms with E-state index < -0.39 is 21.3 Å². The van der Waals surface area contributed by atoms with Crippen LogP contribution >= 0.6 is 0 Å². The Morgan fingerprint density at radius 2 is 1.55 bits per heavy atom. The highest BCUT2D eigenvalue weighted by molar-refractivity contribution is 7.92. The summed E-state index contributed by atoms with van der Waals surface area (Å²) in [7, 11) is -3.77. The molecule has 1 amide bonds. The zero-order valence-electron chi connectivity index (χ0n) is 17.3. The predicted octanol–water partition coefficient (Wildman–Crippen LogP) is 5.40. The van der Waals surface area contributed by atoms with Crippen molar-refractivity contribution in [3.63, 3.8) is 0 Å². The van der Waals surface area contributed by atoms with Crippen LogP contribution in [0.25, 0.3) is 0 Å². The number of carbonyl (C=O) groups is 1. The molecule has 0 unspecified atom stereocenters. The minimum atomic E-state index is -3.77. The third-order valence-corrected chi connectivity index (χ3v) is 5.68. The third-order valence-electron chi connectivity index (χ3n) is 4.28. The van der Waals surface area contributed by atoms with Crippen LogP contribution in [0.15, 0.2) is 77.7 Å². The molecule has 0 radical (unpaired) electrons. The summed E-state index contributed by atoms with van der Waals surface area (Å²) in [5.74, 6) is -0.608. The molecule has 8 heteroatoms. The van der Waals surface area contributed by atoms with E-state index in [9.17, 15) is 17.6 Å². The molecule has 0 fully saturated rings. The van der Waals surface area contributed by atoms with Gasteiger partial charge in [0, 0.05) is 11.1 Å². The Labute approximate surface area is 181 Å². The fourth-order valence-corrected chi connectivity index (χ4v) is 3.60. The lowest BCUT2D eigenvalue weighted by atomic mass is 9.95. The summed E-state index contributed by atoms with van der Waals surface area (Å²) in [6.45, 7) is 5.14. The maximum atomic E-state index is 14.3. The molecule has 3 aromatic carbocycles. The first-order valence-electron chi connectivity index (χ1n) is 9.52. The molecule has 162 valence electrons. The number of ether oxygens (including phenoxy) is 1. The number of halogens is 1. The van der Waals surface area contributed by atoms with E-state index in [1.54, 1.807) is 51.1 Å². The Morgan fingerprint density at radius 1 is 0.903 bits per heavy atom. The summed E-state index contributed by atoms with van der Waals surface area (Å²) in [6.07, 6.45) is 0. The Bertz CT molecular complexity index is 1170. The lowest BCUT2D eigenvalue weighted by Gasteiger charge is -2.19. The number of hydrogen-bond donors (Lipinski definition) is 2. The third kappa shape index (κ3) is 5.61. The van der Waals surface area contributed by atoms with Crippen LogP contribution < -0.4 is 14.8 Å². The molecule has 0 aliphatic heterocycles. The van der Waals surface area contributed by atoms with Crippen LogP contribution in [-0.2, 0) is 14.8 Å². The van der Waals surface area contributed by atoms with Gasteiger partial charge in [-0.1, -0.05) is 45.0 Å². The van der Waals surface area contributed by atoms with Gasteiger partial charge in [-0.3, -0.25) is 9.52 Å². The lowest BCUT2D eigenvalue weighted by molar-refractivity contribution is -0.123. The number of anilines is 2. The van der Waals surface area contributed by atoms with E-state index in [1.807, 2.05) is 0 Å². The van der Waals surface area contributed by atoms with Gasteiger partial charge in [0.2, 0.25) is 5.91 Å². The van der Waals surface area contributed by atoms with Gasteiger partial charge < -0.3 is 10.1 Å². The zero-order chi connectivity index (χ0) is 22.6. The number of sulfonamides is 1. The number of rotatable bonds is 6. The van der Waals surface area contributed by atoms with Crippen molar-refractivity contribution >= 4 is 27.3 Å². The minimum Gasteiger partial charge on any atom is -0.455 e. The molecule has 0 aliphatic rings. The standard InChI is InChI=1S/C23H23FN2O4S/c1-23(2,3)22(27)25-21-19(24)10-7-11-20(21)30-17-12-14-18(15-13-17)31(28,29)26-16-8-5-4-6-9-16/h4-15,26H,1-3H3,(H,25,27). The number of amides is 1. The molecular formula is C23H23FN2O4S. The van der Waals surface area contributed by atoms with Gasteiger partial charge in [0.15, 0.2) is 11.6 Å². The molecule has 0 bridgehead atoms. The SMILES string of the molecule is CC(C)(C)C(=O)Nc1c(F)cccc1Oc1ccc(S(=O)(=O)Nc2ccccc2)cc1. The molecule has 0 spiro atoms. The summed E-state index contributed by atoms with van der Waals surface area (Å²) in [5, 5.41) is 2.56. The molecule has 6 nitrogen and oxygen atoms in total. The van der Waals surface area contributed by atoms with Crippen LogP contribution in [0.3, 0.4) is 0 Å². The fourth-order valence-electron chi connectivity index (χ4n) is 2.55. The maximum absolute atomic E-state index is 14.3. The molecular weight excluding hydrogens is 419 g/mol. The number of benzene rings is 3. The second-order valence-corrected chi connectivity index (χ2v) is 9.54. The van der Waals surface area contributed by atoms with Gasteiger partial charge in [-0.05, 0) is 48.5 Å². The molecule has 0 saturated heterocycles. The highest BCUT2D eigenvalue weighted by Gasteiger charge is 2.24. The molecule has 0 aliphatic carbocycles. The maximum Gasteiger partial charge on any atom is 0.261 e. The monoisotopic (exact) mass is 442 g/mol. The van der Waals surface area contributed by atoms with Gasteiger partial charge in [-0.2, -0.15) is 0 Å². The Hall–Kier alpha value is -3.39. The molecule has 2 N–H and O–H groups in total. The fraction of sp³-hybridized carbons (Fsp3) is 0.174. The van der Waals surface area contributed by atoms with Crippen LogP contribution in [0.2, 0.25) is 0 Å². The van der Waals surface area contributed by atoms with E-state index in [2.05, 4.69) is 10.0 Å². The topological polar surface area (TPSA) is 84.5 Å². The van der Waals surface area contributed by atoms with Crippen LogP contribution in [0.1, 0.15) is 20.8 Å². The summed E-state index contributed by atoms with van der Waals surface area (Å²) in [5.41, 5.74) is -0.354. The highest BCUT2D eigenvalue weighted by atomic mass is 32.2. The summed E-state index contributed by atoms with van der Waals surface area (Å²) < 4.78 is 47.6. The van der Waals surface area contributed by atoms with Crippen molar-refractivity contribution in [1.82, 2.24) is 0 Å². The molecule has 31 heavy (non-hydrogen) atoms. The molecule has 0 saturated carbocycles. The second-order valence-electron chi connectivity index (χ2n) is 7.86. The first kappa shape index (κ1) is 22.3. The van der Waals surface area contributed by atoms with E-state index in [0.29, 0.717) is 5.69 Å². The Morgan fingerprint density at radius 3 is 2.16 bits per heavy atom. The average Bonchev–Trinajstić information content (AvgIpc) is 2.70. The van der Waals surface area contributed by atoms with E-state index in [0.717, 1.165) is 0 Å². The first-order valence-corrected chi connectivity index (χ1v) is 11.0. The highest BCUT2D eigenvalue weighted by Crippen LogP contribution is 2.33. The van der Waals surface area contributed by atoms with Crippen molar-refractivity contribution in [3.8, 4) is 11.5 Å². The number of carbonyl (C=O) groups excluding carboxylic acids is 1. The van der Waals surface area contributed by atoms with Crippen LogP contribution in [0, 0.1) is 11.2 Å². The number of para-hydroxylation sites is 2. The summed E-state index contributed by atoms with van der Waals surface area (Å²) in [6, 6.07) is 18.4. The quantitative estimate of drug-likeness (QED) is 0.535. The van der Waals surface area contributed by atoms with Gasteiger partial charge >= 0.3 is 0 Å². The largest absolute Gasteiger partial charge is 0.455 e. The van der Waals surface area contributed by atoms with Crippen molar-refractivity contribution in [2.75, 3.05) is 10.0 Å². The van der Waals surface area contributed by atoms with Crippen LogP contribution in [0.4, 0.5) is 15.8 Å². The van der Waals surface area contributed by atoms with Crippen LogP contribution in [-0.4, -0.2) is 14.3 Å². The van der Waals surface area contributed by atoms with Crippen molar-refractivity contribution in [3.05, 3.63) is 78.6 Å². The van der Waals surface area contributed by atoms with Gasteiger partial charge in [-0.15, -0.1) is 0 Å². The average molecular weight is 443 g/mol. The Kier molecular flexibility index (Phi) is 6.31. The summed E-state index contributed by atoms with van der Waals surface area (Å²) >= 11 is 0. The molecule has 0 heterocycles. The molecule has 0 atom stereocenters. The van der Waals surface area contributed by atoms with E-state index in [4.69, 9.17) is 4.74 Å². The van der Waals surface area contributed by atoms with Gasteiger partial charge in [0.05, 0.1) is 4.90 Å². The van der Waals surface area contributed by atoms with Gasteiger partial charge in [-0.25, -0.2) is 12.8 Å². The Balaban J connectivity index is 1.80. The van der Waals surface area contributed by atoms with Gasteiger partial charge in [0.25, 0.3) is 10.0 Å². The van der Waals surface area contributed by atoms with E-state index >= 15 is 0 Å². The normalized spacial score (nSPS) is 11.6. The zero-order valence-corrected chi connectivity index (χ0v) is 18.2. The van der Waals surface area contributed by atoms with Crippen molar-refractivity contribution in [1.29, 1.82) is 0 Å². The molecule has 3 rings (SSSR count). The predicted molar refractivity (Wildman–Crippen MR) is 118 cm³/mol. The smallest absolute Gasteiger partial charge is 0.261 e. The van der Waals surface area contributed by atoms with Crippen molar-refractivity contribution < 1.29 is 22.3 Å². The summed E-state index contributed by atoms with van der Waals surface area (Å²) in [4.78, 5) is 12.3. The van der Waals surface area contributed by atoms with Crippen LogP contribution in [0.5, 0.6) is 11.5 Å². The van der Waals surface area contributed by atoms with Crippen molar-refractivity contribution in [2.24, 2.45) is 5.41 Å². The number of nitrogens with one attached hydrogen (secondary N) is 2. The van der Waals surface area contributed by atoms with Crippen molar-refractivity contribution in [2.45, 2.75) is 25.7 Å². The molecule has 3 aromatic rings. The van der Waals surface area contributed by atoms with E-state index in [-0.39, 0.29) is 28.0 Å².